The number of methoxy groups -OCH3 is 1. The zero-order valence-electron chi connectivity index (χ0n) is 11.3. The van der Waals surface area contributed by atoms with Crippen molar-refractivity contribution >= 4 is 39.9 Å². The van der Waals surface area contributed by atoms with Crippen LogP contribution in [0, 0.1) is 0 Å². The predicted octanol–water partition coefficient (Wildman–Crippen LogP) is -0.233. The Morgan fingerprint density at radius 2 is 2.09 bits per heavy atom. The van der Waals surface area contributed by atoms with Crippen LogP contribution in [-0.4, -0.2) is 31.6 Å². The molecule has 1 saturated heterocycles. The van der Waals surface area contributed by atoms with Gasteiger partial charge in [0.25, 0.3) is 5.91 Å². The van der Waals surface area contributed by atoms with E-state index in [4.69, 9.17) is 9.47 Å². The van der Waals surface area contributed by atoms with Crippen molar-refractivity contribution in [3.05, 3.63) is 27.9 Å². The van der Waals surface area contributed by atoms with E-state index in [1.165, 1.54) is 19.3 Å². The smallest absolute Gasteiger partial charge is 0.326 e. The number of aliphatic carboxylic acids is 1. The molecule has 1 fully saturated rings. The Balaban J connectivity index is 2.33. The molecule has 1 aliphatic rings. The molecule has 9 heteroatoms. The predicted molar refractivity (Wildman–Crippen MR) is 75.8 cm³/mol. The maximum absolute atomic E-state index is 11.5. The van der Waals surface area contributed by atoms with E-state index in [-0.39, 0.29) is 17.2 Å². The molecule has 1 aromatic carbocycles. The number of carboxylic acid groups (broad SMARTS) is 1. The number of carboxylic acids is 1. The number of ether oxygens (including phenoxy) is 2. The fourth-order valence-corrected chi connectivity index (χ4v) is 2.32. The Morgan fingerprint density at radius 3 is 2.64 bits per heavy atom. The molecule has 0 spiro atoms. The van der Waals surface area contributed by atoms with Crippen LogP contribution in [0.1, 0.15) is 5.56 Å². The minimum atomic E-state index is -1.37. The van der Waals surface area contributed by atoms with Crippen LogP contribution in [0.2, 0.25) is 0 Å². The van der Waals surface area contributed by atoms with Gasteiger partial charge < -0.3 is 24.7 Å². The summed E-state index contributed by atoms with van der Waals surface area (Å²) < 4.78 is 10.6. The summed E-state index contributed by atoms with van der Waals surface area (Å²) >= 11 is 3.23. The van der Waals surface area contributed by atoms with Crippen molar-refractivity contribution in [2.45, 2.75) is 0 Å². The average molecular weight is 370 g/mol. The molecule has 1 aliphatic heterocycles. The first-order valence-electron chi connectivity index (χ1n) is 5.95. The molecule has 22 heavy (non-hydrogen) atoms. The normalized spacial score (nSPS) is 15.5. The molecule has 0 saturated carbocycles. The van der Waals surface area contributed by atoms with Gasteiger partial charge in [0.05, 0.1) is 17.6 Å². The number of halogens is 1. The Labute approximate surface area is 133 Å². The highest BCUT2D eigenvalue weighted by atomic mass is 79.9. The molecule has 0 unspecified atom stereocenters. The summed E-state index contributed by atoms with van der Waals surface area (Å²) in [5, 5.41) is 14.9. The van der Waals surface area contributed by atoms with Gasteiger partial charge in [0, 0.05) is 0 Å². The fraction of sp³-hybridized carbons (Fsp3) is 0.154. The first-order chi connectivity index (χ1) is 10.4. The highest BCUT2D eigenvalue weighted by Crippen LogP contribution is 2.37. The highest BCUT2D eigenvalue weighted by Gasteiger charge is 2.23. The Bertz CT molecular complexity index is 685. The second-order valence-electron chi connectivity index (χ2n) is 4.16. The number of rotatable bonds is 5. The van der Waals surface area contributed by atoms with Crippen molar-refractivity contribution in [2.24, 2.45) is 0 Å². The van der Waals surface area contributed by atoms with Gasteiger partial charge in [-0.05, 0) is 39.7 Å². The topological polar surface area (TPSA) is 117 Å². The summed E-state index contributed by atoms with van der Waals surface area (Å²) in [7, 11) is 1.38. The third-order valence-corrected chi connectivity index (χ3v) is 3.21. The molecule has 0 aromatic heterocycles. The minimum absolute atomic E-state index is 0.0855. The maximum Gasteiger partial charge on any atom is 0.326 e. The van der Waals surface area contributed by atoms with Crippen LogP contribution in [0.25, 0.3) is 6.08 Å². The monoisotopic (exact) mass is 369 g/mol. The molecule has 1 aromatic rings. The van der Waals surface area contributed by atoms with E-state index in [0.29, 0.717) is 10.0 Å². The zero-order chi connectivity index (χ0) is 16.3. The Morgan fingerprint density at radius 1 is 1.36 bits per heavy atom. The minimum Gasteiger partial charge on any atom is -0.546 e. The van der Waals surface area contributed by atoms with Crippen LogP contribution in [0.5, 0.6) is 11.5 Å². The summed E-state index contributed by atoms with van der Waals surface area (Å²) in [4.78, 5) is 33.0. The summed E-state index contributed by atoms with van der Waals surface area (Å²) in [6, 6.07) is 2.51. The van der Waals surface area contributed by atoms with E-state index in [0.717, 1.165) is 0 Å². The van der Waals surface area contributed by atoms with Gasteiger partial charge in [-0.3, -0.25) is 10.1 Å². The summed E-state index contributed by atoms with van der Waals surface area (Å²) in [5.74, 6) is -1.47. The molecule has 0 atom stereocenters. The third kappa shape index (κ3) is 3.55. The van der Waals surface area contributed by atoms with Crippen molar-refractivity contribution in [1.29, 1.82) is 0 Å². The molecule has 2 rings (SSSR count). The largest absolute Gasteiger partial charge is 0.546 e. The van der Waals surface area contributed by atoms with Crippen LogP contribution >= 0.6 is 15.9 Å². The van der Waals surface area contributed by atoms with Gasteiger partial charge in [-0.1, -0.05) is 0 Å². The van der Waals surface area contributed by atoms with Gasteiger partial charge in [0.2, 0.25) is 0 Å². The van der Waals surface area contributed by atoms with Crippen LogP contribution in [0.4, 0.5) is 4.79 Å². The van der Waals surface area contributed by atoms with E-state index < -0.39 is 24.5 Å². The number of amides is 3. The molecule has 0 aliphatic carbocycles. The first-order valence-corrected chi connectivity index (χ1v) is 6.74. The number of carbonyl (C=O) groups excluding carboxylic acids is 3. The van der Waals surface area contributed by atoms with E-state index >= 15 is 0 Å². The van der Waals surface area contributed by atoms with Crippen molar-refractivity contribution < 1.29 is 29.0 Å². The van der Waals surface area contributed by atoms with Crippen LogP contribution in [0.3, 0.4) is 0 Å². The lowest BCUT2D eigenvalue weighted by Crippen LogP contribution is -2.29. The first kappa shape index (κ1) is 15.8. The van der Waals surface area contributed by atoms with Crippen LogP contribution in [-0.2, 0) is 9.59 Å². The zero-order valence-corrected chi connectivity index (χ0v) is 12.9. The molecule has 116 valence electrons. The number of nitrogens with one attached hydrogen (secondary N) is 2. The highest BCUT2D eigenvalue weighted by molar-refractivity contribution is 9.10. The molecule has 0 bridgehead atoms. The van der Waals surface area contributed by atoms with Crippen molar-refractivity contribution in [3.63, 3.8) is 0 Å². The van der Waals surface area contributed by atoms with Gasteiger partial charge in [-0.2, -0.15) is 0 Å². The van der Waals surface area contributed by atoms with Gasteiger partial charge in [0.1, 0.15) is 12.3 Å². The standard InChI is InChI=1S/C13H11BrN2O6/c1-21-9-4-6(3-8-12(19)16-13(20)15-8)2-7(14)11(9)22-5-10(17)18/h2-4H,5H2,1H3,(H,17,18)(H2,15,16,19,20)/p-1/b8-3-. The number of imide groups is 1. The van der Waals surface area contributed by atoms with Crippen LogP contribution < -0.4 is 25.2 Å². The van der Waals surface area contributed by atoms with E-state index in [1.54, 1.807) is 6.07 Å². The molecule has 2 N–H and O–H groups in total. The summed E-state index contributed by atoms with van der Waals surface area (Å²) in [6.45, 7) is -0.631. The van der Waals surface area contributed by atoms with Crippen molar-refractivity contribution in [1.82, 2.24) is 10.6 Å². The van der Waals surface area contributed by atoms with Gasteiger partial charge in [-0.15, -0.1) is 0 Å². The quantitative estimate of drug-likeness (QED) is 0.546. The Kier molecular flexibility index (Phi) is 4.66. The van der Waals surface area contributed by atoms with Crippen molar-refractivity contribution in [2.75, 3.05) is 13.7 Å². The van der Waals surface area contributed by atoms with Crippen LogP contribution in [0.15, 0.2) is 22.3 Å². The second kappa shape index (κ2) is 6.48. The Hall–Kier alpha value is -2.55. The van der Waals surface area contributed by atoms with E-state index in [9.17, 15) is 19.5 Å². The number of hydrogen-bond donors (Lipinski definition) is 2. The summed E-state index contributed by atoms with van der Waals surface area (Å²) in [6.07, 6.45) is 1.44. The second-order valence-corrected chi connectivity index (χ2v) is 5.02. The van der Waals surface area contributed by atoms with Gasteiger partial charge >= 0.3 is 6.03 Å². The molecule has 1 heterocycles. The lowest BCUT2D eigenvalue weighted by molar-refractivity contribution is -0.307. The molecule has 3 amide bonds. The van der Waals surface area contributed by atoms with E-state index in [1.807, 2.05) is 0 Å². The van der Waals surface area contributed by atoms with Gasteiger partial charge in [0.15, 0.2) is 11.5 Å². The molecule has 0 radical (unpaired) electrons. The number of carbonyl (C=O) groups is 3. The number of hydrogen-bond acceptors (Lipinski definition) is 6. The number of urea groups is 1. The third-order valence-electron chi connectivity index (χ3n) is 2.62. The molecular formula is C13H10BrN2O6-. The van der Waals surface area contributed by atoms with Gasteiger partial charge in [-0.25, -0.2) is 4.79 Å². The average Bonchev–Trinajstić information content (AvgIpc) is 2.74. The molecule has 8 nitrogen and oxygen atoms in total. The lowest BCUT2D eigenvalue weighted by atomic mass is 10.1. The van der Waals surface area contributed by atoms with Crippen molar-refractivity contribution in [3.8, 4) is 11.5 Å². The van der Waals surface area contributed by atoms with E-state index in [2.05, 4.69) is 26.6 Å². The number of benzene rings is 1. The SMILES string of the molecule is COc1cc(/C=C2\NC(=O)NC2=O)cc(Br)c1OCC(=O)[O-]. The lowest BCUT2D eigenvalue weighted by Gasteiger charge is -2.14. The molecular weight excluding hydrogens is 360 g/mol. The fourth-order valence-electron chi connectivity index (χ4n) is 1.74. The maximum atomic E-state index is 11.5. The summed E-state index contributed by atoms with van der Waals surface area (Å²) in [5.41, 5.74) is 0.624.